The van der Waals surface area contributed by atoms with Gasteiger partial charge in [0.15, 0.2) is 0 Å². The molecule has 0 spiro atoms. The van der Waals surface area contributed by atoms with Crippen LogP contribution in [0.5, 0.6) is 5.75 Å². The summed E-state index contributed by atoms with van der Waals surface area (Å²) in [5, 5.41) is 8.58. The Hall–Kier alpha value is -2.04. The minimum absolute atomic E-state index is 0.0392. The van der Waals surface area contributed by atoms with E-state index < -0.39 is 5.97 Å². The van der Waals surface area contributed by atoms with Crippen molar-refractivity contribution in [1.82, 2.24) is 4.90 Å². The number of rotatable bonds is 3. The number of nitrogens with zero attached hydrogens (tertiary/aromatic N) is 1. The summed E-state index contributed by atoms with van der Waals surface area (Å²) in [7, 11) is 0. The predicted octanol–water partition coefficient (Wildman–Crippen LogP) is 1.27. The number of ether oxygens (including phenoxy) is 1. The first-order valence-electron chi connectivity index (χ1n) is 5.87. The Bertz CT molecular complexity index is 458. The molecule has 0 bridgehead atoms. The van der Waals surface area contributed by atoms with Gasteiger partial charge in [0.25, 0.3) is 0 Å². The molecule has 1 amide bonds. The van der Waals surface area contributed by atoms with Crippen molar-refractivity contribution >= 4 is 11.9 Å². The third-order valence-electron chi connectivity index (χ3n) is 2.86. The second kappa shape index (κ2) is 5.53. The van der Waals surface area contributed by atoms with E-state index in [1.165, 1.54) is 0 Å². The van der Waals surface area contributed by atoms with Crippen LogP contribution in [0, 0.1) is 0 Å². The van der Waals surface area contributed by atoms with Crippen molar-refractivity contribution in [3.05, 3.63) is 29.8 Å². The number of benzene rings is 1. The molecule has 1 aromatic carbocycles. The number of aliphatic carboxylic acids is 1. The maximum atomic E-state index is 11.9. The predicted molar refractivity (Wildman–Crippen MR) is 64.2 cm³/mol. The molecule has 2 rings (SSSR count). The van der Waals surface area contributed by atoms with Crippen LogP contribution in [0.15, 0.2) is 24.3 Å². The second-order valence-corrected chi connectivity index (χ2v) is 4.17. The van der Waals surface area contributed by atoms with Gasteiger partial charge in [-0.1, -0.05) is 18.2 Å². The van der Waals surface area contributed by atoms with E-state index in [-0.39, 0.29) is 18.7 Å². The average Bonchev–Trinajstić information content (AvgIpc) is 2.57. The molecular weight excluding hydrogens is 234 g/mol. The van der Waals surface area contributed by atoms with Crippen molar-refractivity contribution in [3.63, 3.8) is 0 Å². The molecule has 1 aromatic rings. The molecule has 1 aliphatic heterocycles. The minimum Gasteiger partial charge on any atom is -0.491 e. The Kier molecular flexibility index (Phi) is 3.82. The molecule has 0 aliphatic carbocycles. The van der Waals surface area contributed by atoms with E-state index in [1.54, 1.807) is 4.90 Å². The monoisotopic (exact) mass is 249 g/mol. The summed E-state index contributed by atoms with van der Waals surface area (Å²) in [5.74, 6) is -0.293. The third-order valence-corrected chi connectivity index (χ3v) is 2.86. The number of para-hydroxylation sites is 1. The molecule has 0 saturated heterocycles. The van der Waals surface area contributed by atoms with Gasteiger partial charge in [0.05, 0.1) is 13.0 Å². The maximum Gasteiger partial charge on any atom is 0.303 e. The molecule has 5 nitrogen and oxygen atoms in total. The highest BCUT2D eigenvalue weighted by molar-refractivity contribution is 5.80. The van der Waals surface area contributed by atoms with E-state index in [4.69, 9.17) is 9.84 Å². The molecule has 0 atom stereocenters. The number of amides is 1. The highest BCUT2D eigenvalue weighted by Crippen LogP contribution is 2.22. The van der Waals surface area contributed by atoms with Crippen LogP contribution in [0.3, 0.4) is 0 Å². The molecule has 1 N–H and O–H groups in total. The van der Waals surface area contributed by atoms with Crippen LogP contribution in [0.2, 0.25) is 0 Å². The molecule has 0 radical (unpaired) electrons. The van der Waals surface area contributed by atoms with E-state index in [0.29, 0.717) is 19.7 Å². The van der Waals surface area contributed by atoms with Gasteiger partial charge < -0.3 is 14.7 Å². The summed E-state index contributed by atoms with van der Waals surface area (Å²) in [5.41, 5.74) is 0.957. The summed E-state index contributed by atoms with van der Waals surface area (Å²) in [6.45, 7) is 1.41. The number of carboxylic acids is 1. The highest BCUT2D eigenvalue weighted by Gasteiger charge is 2.19. The van der Waals surface area contributed by atoms with Crippen LogP contribution in [0.4, 0.5) is 0 Å². The van der Waals surface area contributed by atoms with Crippen LogP contribution in [0.25, 0.3) is 0 Å². The van der Waals surface area contributed by atoms with Gasteiger partial charge in [-0.05, 0) is 6.07 Å². The molecule has 0 saturated carbocycles. The van der Waals surface area contributed by atoms with Gasteiger partial charge in [0.1, 0.15) is 12.4 Å². The molecule has 0 fully saturated rings. The number of hydrogen-bond acceptors (Lipinski definition) is 3. The molecule has 18 heavy (non-hydrogen) atoms. The Labute approximate surface area is 105 Å². The second-order valence-electron chi connectivity index (χ2n) is 4.17. The first kappa shape index (κ1) is 12.4. The maximum absolute atomic E-state index is 11.9. The van der Waals surface area contributed by atoms with E-state index >= 15 is 0 Å². The summed E-state index contributed by atoms with van der Waals surface area (Å²) >= 11 is 0. The Morgan fingerprint density at radius 1 is 1.28 bits per heavy atom. The summed E-state index contributed by atoms with van der Waals surface area (Å²) in [4.78, 5) is 24.0. The van der Waals surface area contributed by atoms with Crippen LogP contribution in [0.1, 0.15) is 18.4 Å². The van der Waals surface area contributed by atoms with Gasteiger partial charge in [0, 0.05) is 18.5 Å². The average molecular weight is 249 g/mol. The smallest absolute Gasteiger partial charge is 0.303 e. The van der Waals surface area contributed by atoms with E-state index in [1.807, 2.05) is 24.3 Å². The normalized spacial score (nSPS) is 14.3. The van der Waals surface area contributed by atoms with Crippen molar-refractivity contribution < 1.29 is 19.4 Å². The standard InChI is InChI=1S/C13H15NO4/c15-12(5-6-13(16)17)14-7-8-18-11-4-2-1-3-10(11)9-14/h1-4H,5-9H2,(H,16,17). The van der Waals surface area contributed by atoms with Gasteiger partial charge in [-0.25, -0.2) is 0 Å². The molecule has 0 unspecified atom stereocenters. The SMILES string of the molecule is O=C(O)CCC(=O)N1CCOc2ccccc2C1. The van der Waals surface area contributed by atoms with Crippen molar-refractivity contribution in [2.24, 2.45) is 0 Å². The van der Waals surface area contributed by atoms with Crippen LogP contribution < -0.4 is 4.74 Å². The lowest BCUT2D eigenvalue weighted by Crippen LogP contribution is -2.32. The van der Waals surface area contributed by atoms with Crippen molar-refractivity contribution in [3.8, 4) is 5.75 Å². The minimum atomic E-state index is -0.949. The summed E-state index contributed by atoms with van der Waals surface area (Å²) in [6.07, 6.45) is -0.0880. The number of carbonyl (C=O) groups is 2. The van der Waals surface area contributed by atoms with E-state index in [9.17, 15) is 9.59 Å². The largest absolute Gasteiger partial charge is 0.491 e. The lowest BCUT2D eigenvalue weighted by Gasteiger charge is -2.19. The van der Waals surface area contributed by atoms with Crippen molar-refractivity contribution in [1.29, 1.82) is 0 Å². The Balaban J connectivity index is 2.03. The zero-order chi connectivity index (χ0) is 13.0. The van der Waals surface area contributed by atoms with E-state index in [2.05, 4.69) is 0 Å². The van der Waals surface area contributed by atoms with E-state index in [0.717, 1.165) is 11.3 Å². The van der Waals surface area contributed by atoms with Gasteiger partial charge in [0.2, 0.25) is 5.91 Å². The van der Waals surface area contributed by atoms with Crippen LogP contribution in [-0.4, -0.2) is 35.0 Å². The fraction of sp³-hybridized carbons (Fsp3) is 0.385. The quantitative estimate of drug-likeness (QED) is 0.876. The molecule has 96 valence electrons. The molecule has 1 aliphatic rings. The van der Waals surface area contributed by atoms with Gasteiger partial charge in [-0.2, -0.15) is 0 Å². The van der Waals surface area contributed by atoms with Gasteiger partial charge in [-0.15, -0.1) is 0 Å². The number of hydrogen-bond donors (Lipinski definition) is 1. The van der Waals surface area contributed by atoms with Crippen molar-refractivity contribution in [2.45, 2.75) is 19.4 Å². The Morgan fingerprint density at radius 2 is 2.06 bits per heavy atom. The summed E-state index contributed by atoms with van der Waals surface area (Å²) < 4.78 is 5.54. The fourth-order valence-electron chi connectivity index (χ4n) is 1.91. The molecule has 0 aromatic heterocycles. The lowest BCUT2D eigenvalue weighted by molar-refractivity contribution is -0.141. The first-order valence-corrected chi connectivity index (χ1v) is 5.87. The van der Waals surface area contributed by atoms with Gasteiger partial charge in [-0.3, -0.25) is 9.59 Å². The fourth-order valence-corrected chi connectivity index (χ4v) is 1.91. The molecule has 1 heterocycles. The first-order chi connectivity index (χ1) is 8.66. The van der Waals surface area contributed by atoms with Gasteiger partial charge >= 0.3 is 5.97 Å². The summed E-state index contributed by atoms with van der Waals surface area (Å²) in [6, 6.07) is 7.58. The van der Waals surface area contributed by atoms with Crippen molar-refractivity contribution in [2.75, 3.05) is 13.2 Å². The van der Waals surface area contributed by atoms with Crippen LogP contribution >= 0.6 is 0 Å². The number of carboxylic acid groups (broad SMARTS) is 1. The lowest BCUT2D eigenvalue weighted by atomic mass is 10.2. The Morgan fingerprint density at radius 3 is 2.83 bits per heavy atom. The van der Waals surface area contributed by atoms with Crippen LogP contribution in [-0.2, 0) is 16.1 Å². The number of carbonyl (C=O) groups excluding carboxylic acids is 1. The third kappa shape index (κ3) is 3.00. The zero-order valence-corrected chi connectivity index (χ0v) is 9.96. The number of fused-ring (bicyclic) bond motifs is 1. The molecular formula is C13H15NO4. The highest BCUT2D eigenvalue weighted by atomic mass is 16.5. The molecule has 5 heteroatoms. The zero-order valence-electron chi connectivity index (χ0n) is 9.96. The topological polar surface area (TPSA) is 66.8 Å².